The molecule has 0 spiro atoms. The maximum Gasteiger partial charge on any atom is 0.150 e. The number of rotatable bonds is 5. The minimum absolute atomic E-state index is 0.456. The van der Waals surface area contributed by atoms with Crippen LogP contribution in [0, 0.1) is 5.92 Å². The number of anilines is 1. The summed E-state index contributed by atoms with van der Waals surface area (Å²) in [6.45, 7) is 4.25. The molecule has 2 atom stereocenters. The van der Waals surface area contributed by atoms with Gasteiger partial charge in [-0.3, -0.25) is 4.21 Å². The molecular weight excluding hydrogens is 208 g/mol. The van der Waals surface area contributed by atoms with Crippen LogP contribution in [-0.4, -0.2) is 14.9 Å². The predicted molar refractivity (Wildman–Crippen MR) is 64.0 cm³/mol. The molecule has 0 bridgehead atoms. The van der Waals surface area contributed by atoms with Crippen molar-refractivity contribution in [3.63, 3.8) is 0 Å². The van der Waals surface area contributed by atoms with Crippen LogP contribution in [0.5, 0.6) is 0 Å². The number of nitrogen functional groups attached to an aromatic ring is 1. The summed E-state index contributed by atoms with van der Waals surface area (Å²) in [5.41, 5.74) is 6.24. The summed E-state index contributed by atoms with van der Waals surface area (Å²) in [7, 11) is -1.06. The fourth-order valence-corrected chi connectivity index (χ4v) is 2.86. The summed E-state index contributed by atoms with van der Waals surface area (Å²) in [4.78, 5) is 4.07. The fraction of sp³-hybridized carbons (Fsp3) is 0.545. The summed E-state index contributed by atoms with van der Waals surface area (Å²) in [5, 5.41) is 0.528. The monoisotopic (exact) mass is 226 g/mol. The van der Waals surface area contributed by atoms with Gasteiger partial charge in [0.2, 0.25) is 0 Å². The molecule has 3 nitrogen and oxygen atoms in total. The van der Waals surface area contributed by atoms with Gasteiger partial charge in [-0.15, -0.1) is 0 Å². The Balaban J connectivity index is 2.65. The molecule has 0 radical (unpaired) electrons. The zero-order valence-electron chi connectivity index (χ0n) is 9.27. The second kappa shape index (κ2) is 5.85. The summed E-state index contributed by atoms with van der Waals surface area (Å²) in [6.07, 6.45) is 3.85. The molecule has 0 aliphatic carbocycles. The van der Waals surface area contributed by atoms with Crippen LogP contribution in [0.25, 0.3) is 0 Å². The molecule has 0 aliphatic heterocycles. The molecule has 0 saturated carbocycles. The third-order valence-electron chi connectivity index (χ3n) is 2.23. The average molecular weight is 226 g/mol. The highest BCUT2D eigenvalue weighted by molar-refractivity contribution is 7.85. The first-order valence-electron chi connectivity index (χ1n) is 5.24. The molecule has 0 fully saturated rings. The molecule has 84 valence electrons. The summed E-state index contributed by atoms with van der Waals surface area (Å²) in [5.74, 6) is 1.10. The van der Waals surface area contributed by atoms with Gasteiger partial charge in [0.05, 0.1) is 16.5 Å². The van der Waals surface area contributed by atoms with Gasteiger partial charge in [0.25, 0.3) is 0 Å². The van der Waals surface area contributed by atoms with E-state index < -0.39 is 10.8 Å². The Bertz CT molecular complexity index is 341. The first-order valence-corrected chi connectivity index (χ1v) is 6.56. The van der Waals surface area contributed by atoms with Gasteiger partial charge in [-0.25, -0.2) is 4.98 Å². The van der Waals surface area contributed by atoms with Gasteiger partial charge in [0.15, 0.2) is 0 Å². The Morgan fingerprint density at radius 1 is 1.60 bits per heavy atom. The number of hydrogen-bond donors (Lipinski definition) is 1. The van der Waals surface area contributed by atoms with Crippen LogP contribution >= 0.6 is 0 Å². The highest BCUT2D eigenvalue weighted by atomic mass is 32.2. The molecule has 1 aromatic heterocycles. The molecule has 2 unspecified atom stereocenters. The lowest BCUT2D eigenvalue weighted by Gasteiger charge is -2.09. The van der Waals surface area contributed by atoms with Crippen LogP contribution in [0.2, 0.25) is 0 Å². The van der Waals surface area contributed by atoms with Crippen LogP contribution in [0.1, 0.15) is 26.7 Å². The Morgan fingerprint density at radius 2 is 2.33 bits per heavy atom. The zero-order chi connectivity index (χ0) is 11.3. The summed E-state index contributed by atoms with van der Waals surface area (Å²) >= 11 is 0. The number of nitrogens with zero attached hydrogens (tertiary/aromatic N) is 1. The molecule has 0 aromatic carbocycles. The lowest BCUT2D eigenvalue weighted by atomic mass is 10.1. The van der Waals surface area contributed by atoms with E-state index in [1.807, 2.05) is 0 Å². The van der Waals surface area contributed by atoms with Crippen molar-refractivity contribution in [3.05, 3.63) is 18.3 Å². The van der Waals surface area contributed by atoms with Crippen LogP contribution in [0.4, 0.5) is 5.69 Å². The molecule has 1 rings (SSSR count). The molecule has 4 heteroatoms. The fourth-order valence-electron chi connectivity index (χ4n) is 1.51. The van der Waals surface area contributed by atoms with E-state index in [2.05, 4.69) is 18.8 Å². The molecule has 0 saturated heterocycles. The van der Waals surface area contributed by atoms with Gasteiger partial charge >= 0.3 is 0 Å². The smallest absolute Gasteiger partial charge is 0.150 e. The van der Waals surface area contributed by atoms with Crippen molar-refractivity contribution >= 4 is 16.5 Å². The molecular formula is C11H18N2OS. The number of aromatic nitrogens is 1. The van der Waals surface area contributed by atoms with Gasteiger partial charge in [0.1, 0.15) is 5.03 Å². The first-order chi connectivity index (χ1) is 7.15. The SMILES string of the molecule is CCCC(C)CS(=O)c1ncccc1N. The Morgan fingerprint density at radius 3 is 2.93 bits per heavy atom. The van der Waals surface area contributed by atoms with Crippen molar-refractivity contribution in [3.8, 4) is 0 Å². The first kappa shape index (κ1) is 12.2. The Hall–Kier alpha value is -0.900. The quantitative estimate of drug-likeness (QED) is 0.837. The van der Waals surface area contributed by atoms with Gasteiger partial charge in [-0.05, 0) is 18.1 Å². The van der Waals surface area contributed by atoms with Crippen molar-refractivity contribution in [1.29, 1.82) is 0 Å². The van der Waals surface area contributed by atoms with Crippen LogP contribution in [0.15, 0.2) is 23.4 Å². The lowest BCUT2D eigenvalue weighted by Crippen LogP contribution is -2.10. The highest BCUT2D eigenvalue weighted by Gasteiger charge is 2.12. The average Bonchev–Trinajstić information content (AvgIpc) is 2.18. The zero-order valence-corrected chi connectivity index (χ0v) is 10.1. The minimum Gasteiger partial charge on any atom is -0.396 e. The van der Waals surface area contributed by atoms with E-state index in [-0.39, 0.29) is 0 Å². The predicted octanol–water partition coefficient (Wildman–Crippen LogP) is 2.21. The maximum atomic E-state index is 11.9. The van der Waals surface area contributed by atoms with E-state index in [0.29, 0.717) is 22.4 Å². The molecule has 15 heavy (non-hydrogen) atoms. The van der Waals surface area contributed by atoms with Crippen molar-refractivity contribution < 1.29 is 4.21 Å². The normalized spacial score (nSPS) is 14.8. The standard InChI is InChI=1S/C11H18N2OS/c1-3-5-9(2)8-15(14)11-10(12)6-4-7-13-11/h4,6-7,9H,3,5,8,12H2,1-2H3. The number of pyridine rings is 1. The van der Waals surface area contributed by atoms with E-state index in [0.717, 1.165) is 12.8 Å². The van der Waals surface area contributed by atoms with E-state index >= 15 is 0 Å². The number of hydrogen-bond acceptors (Lipinski definition) is 3. The molecule has 1 aromatic rings. The van der Waals surface area contributed by atoms with Crippen molar-refractivity contribution in [2.75, 3.05) is 11.5 Å². The highest BCUT2D eigenvalue weighted by Crippen LogP contribution is 2.16. The van der Waals surface area contributed by atoms with Gasteiger partial charge in [0, 0.05) is 11.9 Å². The molecule has 0 aliphatic rings. The summed E-state index contributed by atoms with van der Waals surface area (Å²) < 4.78 is 11.9. The van der Waals surface area contributed by atoms with Gasteiger partial charge < -0.3 is 5.73 Å². The third-order valence-corrected chi connectivity index (χ3v) is 3.88. The van der Waals surface area contributed by atoms with Crippen LogP contribution < -0.4 is 5.73 Å². The topological polar surface area (TPSA) is 56.0 Å². The van der Waals surface area contributed by atoms with Crippen molar-refractivity contribution in [2.24, 2.45) is 5.92 Å². The Labute approximate surface area is 93.6 Å². The largest absolute Gasteiger partial charge is 0.396 e. The third kappa shape index (κ3) is 3.63. The minimum atomic E-state index is -1.06. The Kier molecular flexibility index (Phi) is 4.75. The van der Waals surface area contributed by atoms with Gasteiger partial charge in [-0.1, -0.05) is 26.7 Å². The van der Waals surface area contributed by atoms with Crippen LogP contribution in [-0.2, 0) is 10.8 Å². The van der Waals surface area contributed by atoms with Crippen molar-refractivity contribution in [2.45, 2.75) is 31.7 Å². The molecule has 0 amide bonds. The van der Waals surface area contributed by atoms with E-state index in [1.54, 1.807) is 18.3 Å². The summed E-state index contributed by atoms with van der Waals surface area (Å²) in [6, 6.07) is 3.50. The van der Waals surface area contributed by atoms with E-state index in [4.69, 9.17) is 5.73 Å². The van der Waals surface area contributed by atoms with Crippen molar-refractivity contribution in [1.82, 2.24) is 4.98 Å². The van der Waals surface area contributed by atoms with Gasteiger partial charge in [-0.2, -0.15) is 0 Å². The van der Waals surface area contributed by atoms with E-state index in [1.165, 1.54) is 0 Å². The van der Waals surface area contributed by atoms with E-state index in [9.17, 15) is 4.21 Å². The maximum absolute atomic E-state index is 11.9. The molecule has 1 heterocycles. The lowest BCUT2D eigenvalue weighted by molar-refractivity contribution is 0.573. The second-order valence-corrected chi connectivity index (χ2v) is 5.21. The van der Waals surface area contributed by atoms with Crippen LogP contribution in [0.3, 0.4) is 0 Å². The second-order valence-electron chi connectivity index (χ2n) is 3.80. The molecule has 2 N–H and O–H groups in total. The number of nitrogens with two attached hydrogens (primary N) is 1.